The van der Waals surface area contributed by atoms with Crippen LogP contribution in [0.15, 0.2) is 131 Å². The Morgan fingerprint density at radius 3 is 1.17 bits per heavy atom. The molecule has 0 bridgehead atoms. The Balaban J connectivity index is 1.07. The number of benzene rings is 4. The van der Waals surface area contributed by atoms with Gasteiger partial charge >= 0.3 is 0 Å². The van der Waals surface area contributed by atoms with Gasteiger partial charge in [0.15, 0.2) is 0 Å². The van der Waals surface area contributed by atoms with Crippen molar-refractivity contribution in [1.29, 1.82) is 0 Å². The van der Waals surface area contributed by atoms with Crippen molar-refractivity contribution >= 4 is 46.8 Å². The van der Waals surface area contributed by atoms with Crippen molar-refractivity contribution in [3.05, 3.63) is 121 Å². The number of imide groups is 2. The van der Waals surface area contributed by atoms with E-state index in [0.29, 0.717) is 34.4 Å². The molecule has 200 valence electrons. The largest absolute Gasteiger partial charge is 0.457 e. The second kappa shape index (κ2) is 11.0. The summed E-state index contributed by atoms with van der Waals surface area (Å²) in [5.41, 5.74) is 0.896. The van der Waals surface area contributed by atoms with E-state index in [1.165, 1.54) is 24.3 Å². The molecule has 0 saturated carbocycles. The van der Waals surface area contributed by atoms with Crippen LogP contribution in [-0.4, -0.2) is 23.6 Å². The molecule has 0 N–H and O–H groups in total. The van der Waals surface area contributed by atoms with Gasteiger partial charge in [0, 0.05) is 46.2 Å². The molecular weight excluding hydrogens is 540 g/mol. The molecule has 2 aliphatic rings. The van der Waals surface area contributed by atoms with E-state index in [-0.39, 0.29) is 23.6 Å². The lowest BCUT2D eigenvalue weighted by molar-refractivity contribution is -0.121. The van der Waals surface area contributed by atoms with Gasteiger partial charge in [-0.3, -0.25) is 19.2 Å². The quantitative estimate of drug-likeness (QED) is 0.234. The minimum Gasteiger partial charge on any atom is -0.457 e. The van der Waals surface area contributed by atoms with Crippen LogP contribution >= 0.6 is 11.8 Å². The average molecular weight is 561 g/mol. The monoisotopic (exact) mass is 560 g/mol. The van der Waals surface area contributed by atoms with Gasteiger partial charge < -0.3 is 9.47 Å². The standard InChI is InChI=1S/C32H20N2O6S/c35-29-15-16-30(36)33(29)21-3-1-5-25(19-21)39-23-7-11-27(12-8-23)41-28-13-9-24(10-14-28)40-26-6-2-4-22(20-26)34-31(37)17-18-32(34)38/h1-20H. The molecule has 4 aromatic carbocycles. The van der Waals surface area contributed by atoms with Gasteiger partial charge in [-0.2, -0.15) is 0 Å². The summed E-state index contributed by atoms with van der Waals surface area (Å²) in [7, 11) is 0. The molecular formula is C32H20N2O6S. The van der Waals surface area contributed by atoms with Gasteiger partial charge in [0.25, 0.3) is 23.6 Å². The Morgan fingerprint density at radius 1 is 0.439 bits per heavy atom. The Hall–Kier alpha value is -5.41. The molecule has 0 aliphatic carbocycles. The van der Waals surface area contributed by atoms with E-state index in [4.69, 9.17) is 9.47 Å². The highest BCUT2D eigenvalue weighted by atomic mass is 32.2. The Kier molecular flexibility index (Phi) is 6.93. The minimum absolute atomic E-state index is 0.381. The van der Waals surface area contributed by atoms with Gasteiger partial charge in [-0.05, 0) is 72.8 Å². The number of carbonyl (C=O) groups is 4. The van der Waals surface area contributed by atoms with Crippen LogP contribution in [0.2, 0.25) is 0 Å². The number of amides is 4. The van der Waals surface area contributed by atoms with Gasteiger partial charge in [-0.15, -0.1) is 0 Å². The van der Waals surface area contributed by atoms with Crippen molar-refractivity contribution in [1.82, 2.24) is 0 Å². The van der Waals surface area contributed by atoms with Gasteiger partial charge in [0.2, 0.25) is 0 Å². The highest BCUT2D eigenvalue weighted by Gasteiger charge is 2.26. The van der Waals surface area contributed by atoms with Crippen molar-refractivity contribution in [2.24, 2.45) is 0 Å². The van der Waals surface area contributed by atoms with E-state index in [9.17, 15) is 19.2 Å². The summed E-state index contributed by atoms with van der Waals surface area (Å²) in [5, 5.41) is 0. The fourth-order valence-electron chi connectivity index (χ4n) is 4.24. The molecule has 8 nitrogen and oxygen atoms in total. The van der Waals surface area contributed by atoms with E-state index in [1.807, 2.05) is 48.5 Å². The maximum Gasteiger partial charge on any atom is 0.258 e. The molecule has 9 heteroatoms. The lowest BCUT2D eigenvalue weighted by Gasteiger charge is -2.15. The molecule has 0 fully saturated rings. The highest BCUT2D eigenvalue weighted by Crippen LogP contribution is 2.34. The lowest BCUT2D eigenvalue weighted by atomic mass is 10.2. The number of ether oxygens (including phenoxy) is 2. The zero-order valence-corrected chi connectivity index (χ0v) is 22.1. The smallest absolute Gasteiger partial charge is 0.258 e. The number of rotatable bonds is 8. The molecule has 0 aromatic heterocycles. The molecule has 2 aliphatic heterocycles. The molecule has 0 saturated heterocycles. The zero-order chi connectivity index (χ0) is 28.3. The molecule has 0 spiro atoms. The first-order valence-electron chi connectivity index (χ1n) is 12.5. The Bertz CT molecular complexity index is 1580. The molecule has 6 rings (SSSR count). The highest BCUT2D eigenvalue weighted by molar-refractivity contribution is 7.99. The van der Waals surface area contributed by atoms with Crippen LogP contribution in [0, 0.1) is 0 Å². The molecule has 4 aromatic rings. The third-order valence-electron chi connectivity index (χ3n) is 6.12. The molecule has 0 unspecified atom stereocenters. The zero-order valence-electron chi connectivity index (χ0n) is 21.3. The number of anilines is 2. The number of nitrogens with zero attached hydrogens (tertiary/aromatic N) is 2. The van der Waals surface area contributed by atoms with Crippen molar-refractivity contribution < 1.29 is 28.7 Å². The van der Waals surface area contributed by atoms with E-state index in [0.717, 1.165) is 19.6 Å². The van der Waals surface area contributed by atoms with Crippen LogP contribution in [0.25, 0.3) is 0 Å². The fraction of sp³-hybridized carbons (Fsp3) is 0. The maximum atomic E-state index is 12.0. The van der Waals surface area contributed by atoms with Crippen LogP contribution in [0.1, 0.15) is 0 Å². The second-order valence-electron chi connectivity index (χ2n) is 8.93. The number of hydrogen-bond donors (Lipinski definition) is 0. The summed E-state index contributed by atoms with van der Waals surface area (Å²) in [6, 6.07) is 28.8. The fourth-order valence-corrected chi connectivity index (χ4v) is 5.06. The summed E-state index contributed by atoms with van der Waals surface area (Å²) in [4.78, 5) is 52.0. The molecule has 0 atom stereocenters. The van der Waals surface area contributed by atoms with E-state index >= 15 is 0 Å². The SMILES string of the molecule is O=C1C=CC(=O)N1c1cccc(Oc2ccc(Sc3ccc(Oc4cccc(N5C(=O)C=CC5=O)c4)cc3)cc2)c1. The van der Waals surface area contributed by atoms with Crippen molar-refractivity contribution in [2.75, 3.05) is 9.80 Å². The maximum absolute atomic E-state index is 12.0. The normalized spacial score (nSPS) is 14.3. The summed E-state index contributed by atoms with van der Waals surface area (Å²) in [6.07, 6.45) is 4.97. The van der Waals surface area contributed by atoms with Gasteiger partial charge in [0.1, 0.15) is 23.0 Å². The number of hydrogen-bond acceptors (Lipinski definition) is 7. The summed E-state index contributed by atoms with van der Waals surface area (Å²) < 4.78 is 11.9. The van der Waals surface area contributed by atoms with Gasteiger partial charge in [-0.25, -0.2) is 9.80 Å². The first-order chi connectivity index (χ1) is 19.9. The summed E-state index contributed by atoms with van der Waals surface area (Å²) in [5.74, 6) is 0.714. The molecule has 2 heterocycles. The first-order valence-corrected chi connectivity index (χ1v) is 13.3. The van der Waals surface area contributed by atoms with Crippen LogP contribution in [-0.2, 0) is 19.2 Å². The van der Waals surface area contributed by atoms with Gasteiger partial charge in [-0.1, -0.05) is 23.9 Å². The topological polar surface area (TPSA) is 93.2 Å². The summed E-state index contributed by atoms with van der Waals surface area (Å²) in [6.45, 7) is 0. The van der Waals surface area contributed by atoms with Crippen molar-refractivity contribution in [3.63, 3.8) is 0 Å². The Morgan fingerprint density at radius 2 is 0.805 bits per heavy atom. The van der Waals surface area contributed by atoms with E-state index in [1.54, 1.807) is 60.3 Å². The van der Waals surface area contributed by atoms with Gasteiger partial charge in [0.05, 0.1) is 11.4 Å². The van der Waals surface area contributed by atoms with Crippen molar-refractivity contribution in [2.45, 2.75) is 9.79 Å². The van der Waals surface area contributed by atoms with Crippen LogP contribution in [0.3, 0.4) is 0 Å². The molecule has 4 amide bonds. The first kappa shape index (κ1) is 25.8. The Labute approximate surface area is 239 Å². The second-order valence-corrected chi connectivity index (χ2v) is 10.1. The molecule has 0 radical (unpaired) electrons. The number of carbonyl (C=O) groups excluding carboxylic acids is 4. The lowest BCUT2D eigenvalue weighted by Crippen LogP contribution is -2.29. The molecule has 41 heavy (non-hydrogen) atoms. The van der Waals surface area contributed by atoms with Crippen LogP contribution < -0.4 is 19.3 Å². The third-order valence-corrected chi connectivity index (χ3v) is 7.14. The third kappa shape index (κ3) is 5.66. The van der Waals surface area contributed by atoms with Crippen molar-refractivity contribution in [3.8, 4) is 23.0 Å². The summed E-state index contributed by atoms with van der Waals surface area (Å²) >= 11 is 1.57. The van der Waals surface area contributed by atoms with Crippen LogP contribution in [0.4, 0.5) is 11.4 Å². The van der Waals surface area contributed by atoms with E-state index in [2.05, 4.69) is 0 Å². The van der Waals surface area contributed by atoms with Crippen LogP contribution in [0.5, 0.6) is 23.0 Å². The predicted molar refractivity (Wildman–Crippen MR) is 153 cm³/mol. The predicted octanol–water partition coefficient (Wildman–Crippen LogP) is 6.28. The van der Waals surface area contributed by atoms with E-state index < -0.39 is 0 Å². The average Bonchev–Trinajstić information content (AvgIpc) is 3.50. The minimum atomic E-state index is -0.381.